The van der Waals surface area contributed by atoms with E-state index in [-0.39, 0.29) is 0 Å². The van der Waals surface area contributed by atoms with Crippen LogP contribution in [0.5, 0.6) is 0 Å². The van der Waals surface area contributed by atoms with Gasteiger partial charge in [0.25, 0.3) is 0 Å². The van der Waals surface area contributed by atoms with Crippen LogP contribution in [0, 0.1) is 13.8 Å². The maximum Gasteiger partial charge on any atom is 0.159 e. The third-order valence-corrected chi connectivity index (χ3v) is 5.13. The molecule has 0 amide bonds. The van der Waals surface area contributed by atoms with E-state index in [1.54, 1.807) is 13.2 Å². The molecule has 0 aliphatic heterocycles. The van der Waals surface area contributed by atoms with E-state index in [1.165, 1.54) is 6.42 Å². The SMILES string of the molecule is C/C=C(/c1ccc(N=NC)c(C)c1)c1cnc(-c2ccc3ncccc3c2)nc1C.CCC. The van der Waals surface area contributed by atoms with Gasteiger partial charge in [-0.1, -0.05) is 38.5 Å². The van der Waals surface area contributed by atoms with Gasteiger partial charge in [-0.25, -0.2) is 9.97 Å². The zero-order valence-electron chi connectivity index (χ0n) is 20.3. The Morgan fingerprint density at radius 2 is 1.79 bits per heavy atom. The molecule has 2 aromatic heterocycles. The molecule has 0 fully saturated rings. The molecule has 168 valence electrons. The van der Waals surface area contributed by atoms with Gasteiger partial charge < -0.3 is 0 Å². The highest BCUT2D eigenvalue weighted by atomic mass is 15.1. The van der Waals surface area contributed by atoms with Crippen molar-refractivity contribution in [2.45, 2.75) is 41.0 Å². The van der Waals surface area contributed by atoms with Crippen molar-refractivity contribution in [2.75, 3.05) is 7.05 Å². The summed E-state index contributed by atoms with van der Waals surface area (Å²) in [7, 11) is 1.68. The lowest BCUT2D eigenvalue weighted by molar-refractivity contribution is 1.09. The van der Waals surface area contributed by atoms with Gasteiger partial charge in [0.05, 0.1) is 11.2 Å². The van der Waals surface area contributed by atoms with E-state index in [0.717, 1.165) is 50.1 Å². The fourth-order valence-corrected chi connectivity index (χ4v) is 3.61. The number of aryl methyl sites for hydroxylation is 2. The molecule has 0 radical (unpaired) electrons. The van der Waals surface area contributed by atoms with E-state index in [2.05, 4.69) is 64.4 Å². The predicted molar refractivity (Wildman–Crippen MR) is 138 cm³/mol. The average molecular weight is 438 g/mol. The molecule has 2 aromatic carbocycles. The molecule has 2 heterocycles. The van der Waals surface area contributed by atoms with Crippen molar-refractivity contribution in [3.63, 3.8) is 0 Å². The summed E-state index contributed by atoms with van der Waals surface area (Å²) in [5.74, 6) is 0.715. The lowest BCUT2D eigenvalue weighted by atomic mass is 9.96. The zero-order valence-corrected chi connectivity index (χ0v) is 20.3. The molecule has 4 aromatic rings. The van der Waals surface area contributed by atoms with E-state index in [1.807, 2.05) is 51.2 Å². The second-order valence-corrected chi connectivity index (χ2v) is 7.81. The van der Waals surface area contributed by atoms with Gasteiger partial charge >= 0.3 is 0 Å². The van der Waals surface area contributed by atoms with E-state index in [9.17, 15) is 0 Å². The average Bonchev–Trinajstić information content (AvgIpc) is 2.82. The van der Waals surface area contributed by atoms with Crippen molar-refractivity contribution in [3.05, 3.63) is 89.4 Å². The van der Waals surface area contributed by atoms with Gasteiger partial charge in [-0.05, 0) is 73.9 Å². The van der Waals surface area contributed by atoms with E-state index in [4.69, 9.17) is 4.98 Å². The van der Waals surface area contributed by atoms with Crippen LogP contribution in [-0.2, 0) is 0 Å². The van der Waals surface area contributed by atoms with Crippen molar-refractivity contribution in [1.82, 2.24) is 15.0 Å². The predicted octanol–water partition coefficient (Wildman–Crippen LogP) is 7.89. The summed E-state index contributed by atoms with van der Waals surface area (Å²) < 4.78 is 0. The van der Waals surface area contributed by atoms with E-state index < -0.39 is 0 Å². The number of hydrogen-bond acceptors (Lipinski definition) is 5. The Kier molecular flexibility index (Phi) is 8.14. The van der Waals surface area contributed by atoms with Crippen molar-refractivity contribution in [1.29, 1.82) is 0 Å². The fraction of sp³-hybridized carbons (Fsp3) is 0.250. The number of rotatable bonds is 4. The molecular formula is C28H31N5. The lowest BCUT2D eigenvalue weighted by Crippen LogP contribution is -1.99. The minimum Gasteiger partial charge on any atom is -0.256 e. The van der Waals surface area contributed by atoms with Crippen molar-refractivity contribution >= 4 is 22.2 Å². The molecule has 0 bridgehead atoms. The van der Waals surface area contributed by atoms with Crippen LogP contribution < -0.4 is 0 Å². The quantitative estimate of drug-likeness (QED) is 0.305. The number of azo groups is 1. The highest BCUT2D eigenvalue weighted by molar-refractivity contribution is 5.84. The number of fused-ring (bicyclic) bond motifs is 1. The van der Waals surface area contributed by atoms with Crippen LogP contribution in [0.1, 0.15) is 49.6 Å². The van der Waals surface area contributed by atoms with Crippen molar-refractivity contribution in [2.24, 2.45) is 10.2 Å². The first-order chi connectivity index (χ1) is 16.0. The van der Waals surface area contributed by atoms with Gasteiger partial charge in [0.1, 0.15) is 0 Å². The Labute approximate surface area is 196 Å². The van der Waals surface area contributed by atoms with Crippen molar-refractivity contribution < 1.29 is 0 Å². The molecule has 4 rings (SSSR count). The van der Waals surface area contributed by atoms with Gasteiger partial charge in [0.15, 0.2) is 5.82 Å². The van der Waals surface area contributed by atoms with Crippen LogP contribution in [-0.4, -0.2) is 22.0 Å². The first-order valence-electron chi connectivity index (χ1n) is 11.3. The summed E-state index contributed by atoms with van der Waals surface area (Å²) in [6.45, 7) is 10.4. The smallest absolute Gasteiger partial charge is 0.159 e. The number of allylic oxidation sites excluding steroid dienone is 1. The van der Waals surface area contributed by atoms with Crippen LogP contribution in [0.2, 0.25) is 0 Å². The summed E-state index contributed by atoms with van der Waals surface area (Å²) in [5, 5.41) is 9.12. The molecule has 0 saturated carbocycles. The third-order valence-electron chi connectivity index (χ3n) is 5.13. The third kappa shape index (κ3) is 5.55. The maximum atomic E-state index is 4.81. The largest absolute Gasteiger partial charge is 0.256 e. The maximum absolute atomic E-state index is 4.81. The summed E-state index contributed by atoms with van der Waals surface area (Å²) in [5.41, 5.74) is 8.08. The fourth-order valence-electron chi connectivity index (χ4n) is 3.61. The Bertz CT molecular complexity index is 1300. The Hall–Kier alpha value is -3.73. The highest BCUT2D eigenvalue weighted by Gasteiger charge is 2.12. The lowest BCUT2D eigenvalue weighted by Gasteiger charge is -2.13. The van der Waals surface area contributed by atoms with Gasteiger partial charge in [0, 0.05) is 41.6 Å². The van der Waals surface area contributed by atoms with Gasteiger partial charge in [-0.3, -0.25) is 4.98 Å². The summed E-state index contributed by atoms with van der Waals surface area (Å²) in [4.78, 5) is 13.9. The standard InChI is InChI=1S/C25H23N5.C3H8/c1-5-21(18-8-10-23(30-26-4)16(2)13-18)22-15-28-25(29-17(22)3)20-9-11-24-19(14-20)7-6-12-27-24;1-3-2/h5-15H,1-4H3;3H2,1-2H3/b21-5-,30-26?;. The molecule has 0 atom stereocenters. The molecule has 5 heteroatoms. The molecule has 0 aliphatic carbocycles. The number of hydrogen-bond donors (Lipinski definition) is 0. The van der Waals surface area contributed by atoms with Crippen LogP contribution >= 0.6 is 0 Å². The minimum atomic E-state index is 0.715. The Morgan fingerprint density at radius 1 is 1.00 bits per heavy atom. The summed E-state index contributed by atoms with van der Waals surface area (Å²) in [6.07, 6.45) is 7.06. The first-order valence-corrected chi connectivity index (χ1v) is 11.3. The summed E-state index contributed by atoms with van der Waals surface area (Å²) >= 11 is 0. The zero-order chi connectivity index (χ0) is 23.8. The van der Waals surface area contributed by atoms with Crippen LogP contribution in [0.15, 0.2) is 77.2 Å². The summed E-state index contributed by atoms with van der Waals surface area (Å²) in [6, 6.07) is 16.3. The number of nitrogens with zero attached hydrogens (tertiary/aromatic N) is 5. The molecule has 0 unspecified atom stereocenters. The first kappa shape index (κ1) is 23.9. The van der Waals surface area contributed by atoms with E-state index in [0.29, 0.717) is 5.82 Å². The normalized spacial score (nSPS) is 11.5. The molecule has 0 saturated heterocycles. The van der Waals surface area contributed by atoms with Gasteiger partial charge in [-0.15, -0.1) is 0 Å². The minimum absolute atomic E-state index is 0.715. The Balaban J connectivity index is 0.000000968. The molecule has 0 N–H and O–H groups in total. The number of aromatic nitrogens is 3. The Morgan fingerprint density at radius 3 is 2.45 bits per heavy atom. The molecule has 0 aliphatic rings. The number of pyridine rings is 1. The van der Waals surface area contributed by atoms with Crippen LogP contribution in [0.25, 0.3) is 27.9 Å². The topological polar surface area (TPSA) is 63.4 Å². The molecule has 0 spiro atoms. The molecular weight excluding hydrogens is 406 g/mol. The van der Waals surface area contributed by atoms with Crippen molar-refractivity contribution in [3.8, 4) is 11.4 Å². The van der Waals surface area contributed by atoms with Crippen LogP contribution in [0.3, 0.4) is 0 Å². The van der Waals surface area contributed by atoms with Gasteiger partial charge in [0.2, 0.25) is 0 Å². The second-order valence-electron chi connectivity index (χ2n) is 7.81. The monoisotopic (exact) mass is 437 g/mol. The highest BCUT2D eigenvalue weighted by Crippen LogP contribution is 2.30. The number of benzene rings is 2. The second kappa shape index (κ2) is 11.2. The molecule has 33 heavy (non-hydrogen) atoms. The van der Waals surface area contributed by atoms with Crippen LogP contribution in [0.4, 0.5) is 5.69 Å². The molecule has 5 nitrogen and oxygen atoms in total. The van der Waals surface area contributed by atoms with E-state index >= 15 is 0 Å². The van der Waals surface area contributed by atoms with Gasteiger partial charge in [-0.2, -0.15) is 10.2 Å².